The molecule has 0 aromatic carbocycles. The number of carbonyl (C=O) groups is 3. The third kappa shape index (κ3) is 8.23. The van der Waals surface area contributed by atoms with Crippen molar-refractivity contribution in [3.8, 4) is 0 Å². The highest BCUT2D eigenvalue weighted by molar-refractivity contribution is 5.61. The van der Waals surface area contributed by atoms with Crippen LogP contribution in [0, 0.1) is 0 Å². The highest BCUT2D eigenvalue weighted by atomic mass is 16.7. The fraction of sp³-hybridized carbons (Fsp3) is 0.333. The fourth-order valence-electron chi connectivity index (χ4n) is 2.22. The molecule has 0 amide bonds. The number of carbonyl (C=O) groups excluding carboxylic acids is 3. The van der Waals surface area contributed by atoms with E-state index in [4.69, 9.17) is 0 Å². The maximum atomic E-state index is 12.7. The Morgan fingerprint density at radius 1 is 0.576 bits per heavy atom. The topological polar surface area (TPSA) is 173 Å². The third-order valence-corrected chi connectivity index (χ3v) is 3.53. The van der Waals surface area contributed by atoms with Gasteiger partial charge >= 0.3 is 35.5 Å². The summed E-state index contributed by atoms with van der Waals surface area (Å²) in [5.74, 6) is 0. The number of hydrogen-bond acceptors (Lipinski definition) is 12. The van der Waals surface area contributed by atoms with Gasteiger partial charge in [0.1, 0.15) is 19.8 Å². The van der Waals surface area contributed by atoms with Crippen LogP contribution in [0.3, 0.4) is 0 Å². The Morgan fingerprint density at radius 2 is 0.818 bits per heavy atom. The van der Waals surface area contributed by atoms with Crippen molar-refractivity contribution in [2.45, 2.75) is 19.6 Å². The quantitative estimate of drug-likeness (QED) is 0.228. The minimum absolute atomic E-state index is 0.455. The Kier molecular flexibility index (Phi) is 11.0. The molecule has 15 heteroatoms. The molecule has 0 aliphatic heterocycles. The van der Waals surface area contributed by atoms with Gasteiger partial charge in [0.05, 0.1) is 38.4 Å². The smallest absolute Gasteiger partial charge is 0.432 e. The number of ether oxygens (including phenoxy) is 6. The summed E-state index contributed by atoms with van der Waals surface area (Å²) in [5.41, 5.74) is -3.22. The Hall–Kier alpha value is -4.56. The van der Waals surface area contributed by atoms with Crippen molar-refractivity contribution < 1.29 is 42.8 Å². The van der Waals surface area contributed by atoms with Crippen molar-refractivity contribution in [1.82, 2.24) is 13.7 Å². The van der Waals surface area contributed by atoms with Crippen LogP contribution in [0.25, 0.3) is 0 Å². The van der Waals surface area contributed by atoms with E-state index >= 15 is 0 Å². The van der Waals surface area contributed by atoms with Gasteiger partial charge in [0.15, 0.2) is 0 Å². The highest BCUT2D eigenvalue weighted by Crippen LogP contribution is 1.90. The lowest BCUT2D eigenvalue weighted by Crippen LogP contribution is -2.55. The van der Waals surface area contributed by atoms with Crippen LogP contribution in [0.1, 0.15) is 0 Å². The summed E-state index contributed by atoms with van der Waals surface area (Å²) in [4.78, 5) is 71.7. The average Bonchev–Trinajstić information content (AvgIpc) is 2.76. The Bertz CT molecular complexity index is 901. The highest BCUT2D eigenvalue weighted by Gasteiger charge is 2.17. The molecule has 0 unspecified atom stereocenters. The Labute approximate surface area is 185 Å². The van der Waals surface area contributed by atoms with Crippen molar-refractivity contribution in [3.05, 3.63) is 70.0 Å². The van der Waals surface area contributed by atoms with Gasteiger partial charge in [0, 0.05) is 0 Å². The normalized spacial score (nSPS) is 9.82. The van der Waals surface area contributed by atoms with E-state index in [-0.39, 0.29) is 0 Å². The minimum atomic E-state index is -1.13. The molecular weight excluding hydrogens is 450 g/mol. The molecule has 0 atom stereocenters. The van der Waals surface area contributed by atoms with Crippen molar-refractivity contribution in [3.63, 3.8) is 0 Å². The maximum Gasteiger partial charge on any atom is 0.513 e. The van der Waals surface area contributed by atoms with Crippen LogP contribution >= 0.6 is 0 Å². The van der Waals surface area contributed by atoms with Crippen molar-refractivity contribution in [1.29, 1.82) is 0 Å². The minimum Gasteiger partial charge on any atom is -0.432 e. The summed E-state index contributed by atoms with van der Waals surface area (Å²) in [6.45, 7) is 6.72. The van der Waals surface area contributed by atoms with Gasteiger partial charge in [-0.3, -0.25) is 0 Å². The van der Waals surface area contributed by atoms with Crippen molar-refractivity contribution >= 4 is 18.5 Å². The lowest BCUT2D eigenvalue weighted by molar-refractivity contribution is 0.0787. The zero-order valence-electron chi connectivity index (χ0n) is 17.3. The fourth-order valence-corrected chi connectivity index (χ4v) is 2.22. The van der Waals surface area contributed by atoms with Crippen LogP contribution < -0.4 is 17.1 Å². The predicted molar refractivity (Wildman–Crippen MR) is 107 cm³/mol. The summed E-state index contributed by atoms with van der Waals surface area (Å²) in [7, 11) is 0. The molecule has 0 N–H and O–H groups in total. The zero-order valence-corrected chi connectivity index (χ0v) is 17.3. The van der Waals surface area contributed by atoms with E-state index in [0.29, 0.717) is 13.7 Å². The molecule has 0 bridgehead atoms. The van der Waals surface area contributed by atoms with Crippen LogP contribution in [0.5, 0.6) is 0 Å². The first-order valence-electron chi connectivity index (χ1n) is 9.04. The SMILES string of the molecule is C=COC(=O)OCCn1c(=O)n(CCOC(=O)OC=C)c(=O)n(CCOC(=O)OC=C)c1=O. The number of aromatic nitrogens is 3. The van der Waals surface area contributed by atoms with Gasteiger partial charge in [-0.1, -0.05) is 19.7 Å². The maximum absolute atomic E-state index is 12.7. The Balaban J connectivity index is 3.16. The van der Waals surface area contributed by atoms with E-state index in [2.05, 4.69) is 48.2 Å². The van der Waals surface area contributed by atoms with Crippen molar-refractivity contribution in [2.75, 3.05) is 19.8 Å². The molecule has 0 fully saturated rings. The van der Waals surface area contributed by atoms with Gasteiger partial charge in [-0.05, 0) is 0 Å². The van der Waals surface area contributed by atoms with Gasteiger partial charge < -0.3 is 28.4 Å². The standard InChI is InChI=1S/C18H21N3O12/c1-4-28-16(25)31-10-7-19-13(22)20(8-11-32-17(26)29-5-2)15(24)21(14(19)23)9-12-33-18(27)30-6-3/h4-6H,1-3,7-12H2. The lowest BCUT2D eigenvalue weighted by Gasteiger charge is -2.14. The molecule has 0 radical (unpaired) electrons. The number of nitrogens with zero attached hydrogens (tertiary/aromatic N) is 3. The summed E-state index contributed by atoms with van der Waals surface area (Å²) < 4.78 is 28.8. The molecule has 0 aliphatic carbocycles. The van der Waals surface area contributed by atoms with Crippen LogP contribution in [-0.2, 0) is 48.1 Å². The van der Waals surface area contributed by atoms with Crippen LogP contribution in [0.15, 0.2) is 52.9 Å². The second kappa shape index (κ2) is 13.7. The molecular formula is C18H21N3O12. The second-order valence-electron chi connectivity index (χ2n) is 5.45. The average molecular weight is 471 g/mol. The van der Waals surface area contributed by atoms with E-state index < -0.39 is 75.0 Å². The number of hydrogen-bond donors (Lipinski definition) is 0. The second-order valence-corrected chi connectivity index (χ2v) is 5.45. The molecule has 0 spiro atoms. The first kappa shape index (κ1) is 26.5. The van der Waals surface area contributed by atoms with Crippen LogP contribution in [0.4, 0.5) is 14.4 Å². The molecule has 1 rings (SSSR count). The van der Waals surface area contributed by atoms with Gasteiger partial charge in [-0.2, -0.15) is 0 Å². The monoisotopic (exact) mass is 471 g/mol. The number of rotatable bonds is 12. The Morgan fingerprint density at radius 3 is 1.03 bits per heavy atom. The summed E-state index contributed by atoms with van der Waals surface area (Å²) >= 11 is 0. The van der Waals surface area contributed by atoms with Gasteiger partial charge in [-0.25, -0.2) is 42.5 Å². The molecule has 0 saturated carbocycles. The molecule has 0 aliphatic rings. The molecule has 1 heterocycles. The van der Waals surface area contributed by atoms with Gasteiger partial charge in [0.2, 0.25) is 0 Å². The van der Waals surface area contributed by atoms with E-state index in [9.17, 15) is 28.8 Å². The summed E-state index contributed by atoms with van der Waals surface area (Å²) in [6.07, 6.45) is -0.941. The molecule has 1 aromatic heterocycles. The van der Waals surface area contributed by atoms with E-state index in [1.807, 2.05) is 0 Å². The van der Waals surface area contributed by atoms with E-state index in [0.717, 1.165) is 18.8 Å². The first-order valence-corrected chi connectivity index (χ1v) is 9.04. The van der Waals surface area contributed by atoms with Gasteiger partial charge in [0.25, 0.3) is 0 Å². The largest absolute Gasteiger partial charge is 0.513 e. The zero-order chi connectivity index (χ0) is 24.8. The molecule has 15 nitrogen and oxygen atoms in total. The first-order chi connectivity index (χ1) is 15.8. The molecule has 33 heavy (non-hydrogen) atoms. The van der Waals surface area contributed by atoms with E-state index in [1.165, 1.54) is 0 Å². The molecule has 1 aromatic rings. The molecule has 180 valence electrons. The van der Waals surface area contributed by atoms with E-state index in [1.54, 1.807) is 0 Å². The summed E-state index contributed by atoms with van der Waals surface area (Å²) in [6, 6.07) is 0. The predicted octanol–water partition coefficient (Wildman–Crippen LogP) is 0.0618. The van der Waals surface area contributed by atoms with Gasteiger partial charge in [-0.15, -0.1) is 0 Å². The van der Waals surface area contributed by atoms with Crippen molar-refractivity contribution in [2.24, 2.45) is 0 Å². The molecule has 0 saturated heterocycles. The summed E-state index contributed by atoms with van der Waals surface area (Å²) in [5, 5.41) is 0. The lowest BCUT2D eigenvalue weighted by atomic mass is 10.5. The third-order valence-electron chi connectivity index (χ3n) is 3.53. The van der Waals surface area contributed by atoms with Crippen LogP contribution in [-0.4, -0.2) is 52.0 Å². The van der Waals surface area contributed by atoms with Crippen LogP contribution in [0.2, 0.25) is 0 Å².